The molecule has 0 aliphatic heterocycles. The van der Waals surface area contributed by atoms with Crippen molar-refractivity contribution in [1.29, 1.82) is 0 Å². The minimum atomic E-state index is -0.786. The molecular formula is C55H96O6. The van der Waals surface area contributed by atoms with Crippen LogP contribution in [-0.4, -0.2) is 37.2 Å². The monoisotopic (exact) mass is 853 g/mol. The lowest BCUT2D eigenvalue weighted by atomic mass is 10.0. The Morgan fingerprint density at radius 1 is 0.344 bits per heavy atom. The van der Waals surface area contributed by atoms with Crippen molar-refractivity contribution in [3.05, 3.63) is 60.8 Å². The van der Waals surface area contributed by atoms with Crippen LogP contribution in [0.15, 0.2) is 60.8 Å². The van der Waals surface area contributed by atoms with Crippen molar-refractivity contribution < 1.29 is 28.6 Å². The van der Waals surface area contributed by atoms with Gasteiger partial charge in [-0.3, -0.25) is 14.4 Å². The molecule has 0 aliphatic carbocycles. The molecule has 0 saturated carbocycles. The molecule has 0 rings (SSSR count). The summed E-state index contributed by atoms with van der Waals surface area (Å²) in [5, 5.41) is 0. The Kier molecular flexibility index (Phi) is 47.4. The van der Waals surface area contributed by atoms with Crippen LogP contribution in [0.2, 0.25) is 0 Å². The average molecular weight is 853 g/mol. The van der Waals surface area contributed by atoms with E-state index in [1.54, 1.807) is 0 Å². The summed E-state index contributed by atoms with van der Waals surface area (Å²) >= 11 is 0. The van der Waals surface area contributed by atoms with Gasteiger partial charge in [-0.05, 0) is 77.0 Å². The van der Waals surface area contributed by atoms with Gasteiger partial charge in [-0.15, -0.1) is 0 Å². The highest BCUT2D eigenvalue weighted by Gasteiger charge is 2.19. The third-order valence-corrected chi connectivity index (χ3v) is 11.0. The Morgan fingerprint density at radius 3 is 1.00 bits per heavy atom. The van der Waals surface area contributed by atoms with Crippen molar-refractivity contribution in [3.63, 3.8) is 0 Å². The second-order valence-electron chi connectivity index (χ2n) is 17.0. The summed E-state index contributed by atoms with van der Waals surface area (Å²) in [5.74, 6) is -0.910. The van der Waals surface area contributed by atoms with Gasteiger partial charge in [0.1, 0.15) is 13.2 Å². The number of hydrogen-bond donors (Lipinski definition) is 0. The molecule has 0 aromatic carbocycles. The summed E-state index contributed by atoms with van der Waals surface area (Å²) in [7, 11) is 0. The van der Waals surface area contributed by atoms with Gasteiger partial charge in [0.15, 0.2) is 6.10 Å². The molecule has 0 amide bonds. The molecule has 0 aliphatic rings. The van der Waals surface area contributed by atoms with E-state index in [2.05, 4.69) is 81.5 Å². The van der Waals surface area contributed by atoms with Crippen molar-refractivity contribution >= 4 is 17.9 Å². The highest BCUT2D eigenvalue weighted by Crippen LogP contribution is 2.15. The van der Waals surface area contributed by atoms with Crippen LogP contribution in [-0.2, 0) is 28.6 Å². The molecule has 1 atom stereocenters. The van der Waals surface area contributed by atoms with Gasteiger partial charge in [0.2, 0.25) is 0 Å². The van der Waals surface area contributed by atoms with Gasteiger partial charge in [0.25, 0.3) is 0 Å². The number of esters is 3. The third-order valence-electron chi connectivity index (χ3n) is 11.0. The van der Waals surface area contributed by atoms with Crippen LogP contribution in [0.1, 0.15) is 252 Å². The molecular weight excluding hydrogens is 757 g/mol. The molecule has 0 N–H and O–H groups in total. The lowest BCUT2D eigenvalue weighted by molar-refractivity contribution is -0.167. The summed E-state index contributed by atoms with van der Waals surface area (Å²) in [5.41, 5.74) is 0. The van der Waals surface area contributed by atoms with Crippen LogP contribution in [0.3, 0.4) is 0 Å². The van der Waals surface area contributed by atoms with Crippen molar-refractivity contribution in [1.82, 2.24) is 0 Å². The van der Waals surface area contributed by atoms with Crippen LogP contribution in [0.25, 0.3) is 0 Å². The first kappa shape index (κ1) is 58.1. The highest BCUT2D eigenvalue weighted by molar-refractivity contribution is 5.71. The first-order chi connectivity index (χ1) is 30.0. The topological polar surface area (TPSA) is 78.9 Å². The maximum atomic E-state index is 12.8. The largest absolute Gasteiger partial charge is 0.462 e. The molecule has 352 valence electrons. The molecule has 0 radical (unpaired) electrons. The van der Waals surface area contributed by atoms with Gasteiger partial charge >= 0.3 is 17.9 Å². The Labute approximate surface area is 377 Å². The Bertz CT molecular complexity index is 1120. The number of carbonyl (C=O) groups excluding carboxylic acids is 3. The van der Waals surface area contributed by atoms with E-state index in [0.29, 0.717) is 19.3 Å². The van der Waals surface area contributed by atoms with Crippen LogP contribution in [0.4, 0.5) is 0 Å². The summed E-state index contributed by atoms with van der Waals surface area (Å²) in [6.07, 6.45) is 60.6. The van der Waals surface area contributed by atoms with Gasteiger partial charge in [-0.2, -0.15) is 0 Å². The fourth-order valence-corrected chi connectivity index (χ4v) is 7.20. The normalized spacial score (nSPS) is 12.5. The molecule has 0 bridgehead atoms. The molecule has 0 saturated heterocycles. The number of rotatable bonds is 46. The SMILES string of the molecule is CC/C=C\C/C=C\C/C=C\CCCCCCC(=O)OC(COC(=O)CCCCCCCCC/C=C\C/C=C\CC)COC(=O)CCCCCCCCCCCCCCCCC. The predicted octanol–water partition coefficient (Wildman–Crippen LogP) is 16.9. The molecule has 1 unspecified atom stereocenters. The van der Waals surface area contributed by atoms with Gasteiger partial charge in [0.05, 0.1) is 0 Å². The molecule has 0 spiro atoms. The number of carbonyl (C=O) groups is 3. The van der Waals surface area contributed by atoms with E-state index >= 15 is 0 Å². The van der Waals surface area contributed by atoms with E-state index in [1.807, 2.05) is 0 Å². The lowest BCUT2D eigenvalue weighted by Crippen LogP contribution is -2.30. The fourth-order valence-electron chi connectivity index (χ4n) is 7.20. The number of hydrogen-bond acceptors (Lipinski definition) is 6. The van der Waals surface area contributed by atoms with E-state index in [0.717, 1.165) is 109 Å². The van der Waals surface area contributed by atoms with E-state index in [1.165, 1.54) is 103 Å². The first-order valence-electron chi connectivity index (χ1n) is 25.8. The summed E-state index contributed by atoms with van der Waals surface area (Å²) in [6, 6.07) is 0. The molecule has 0 heterocycles. The molecule has 0 fully saturated rings. The second kappa shape index (κ2) is 49.8. The van der Waals surface area contributed by atoms with Gasteiger partial charge in [0, 0.05) is 19.3 Å². The Balaban J connectivity index is 4.40. The van der Waals surface area contributed by atoms with E-state index < -0.39 is 6.10 Å². The average Bonchev–Trinajstić information content (AvgIpc) is 3.26. The first-order valence-corrected chi connectivity index (χ1v) is 25.8. The van der Waals surface area contributed by atoms with E-state index in [9.17, 15) is 14.4 Å². The molecule has 0 aromatic heterocycles. The van der Waals surface area contributed by atoms with E-state index in [-0.39, 0.29) is 31.1 Å². The second-order valence-corrected chi connectivity index (χ2v) is 17.0. The Hall–Kier alpha value is -2.89. The maximum absolute atomic E-state index is 12.8. The van der Waals surface area contributed by atoms with Crippen molar-refractivity contribution in [2.75, 3.05) is 13.2 Å². The van der Waals surface area contributed by atoms with E-state index in [4.69, 9.17) is 14.2 Å². The van der Waals surface area contributed by atoms with Crippen LogP contribution < -0.4 is 0 Å². The third kappa shape index (κ3) is 48.0. The minimum Gasteiger partial charge on any atom is -0.462 e. The standard InChI is InChI=1S/C55H96O6/c1-4-7-10-13-16-19-22-25-28-31-33-36-39-42-45-48-54(57)60-51-52(61-55(58)49-46-43-40-37-34-30-27-24-21-18-15-12-9-6-3)50-59-53(56)47-44-41-38-35-32-29-26-23-20-17-14-11-8-5-2/h8-9,11-12,17-18,20-21,27,30,52H,4-7,10,13-16,19,22-26,28-29,31-51H2,1-3H3/b11-8-,12-9-,20-17-,21-18-,30-27-. The van der Waals surface area contributed by atoms with Crippen molar-refractivity contribution in [2.45, 2.75) is 258 Å². The summed E-state index contributed by atoms with van der Waals surface area (Å²) in [6.45, 7) is 6.41. The zero-order chi connectivity index (χ0) is 44.4. The van der Waals surface area contributed by atoms with Crippen LogP contribution >= 0.6 is 0 Å². The zero-order valence-electron chi connectivity index (χ0n) is 40.2. The van der Waals surface area contributed by atoms with Gasteiger partial charge < -0.3 is 14.2 Å². The number of unbranched alkanes of at least 4 members (excludes halogenated alkanes) is 25. The predicted molar refractivity (Wildman–Crippen MR) is 261 cm³/mol. The molecule has 0 aromatic rings. The fraction of sp³-hybridized carbons (Fsp3) is 0.764. The quantitative estimate of drug-likeness (QED) is 0.0263. The minimum absolute atomic E-state index is 0.0841. The highest BCUT2D eigenvalue weighted by atomic mass is 16.6. The van der Waals surface area contributed by atoms with Gasteiger partial charge in [-0.1, -0.05) is 216 Å². The zero-order valence-corrected chi connectivity index (χ0v) is 40.2. The van der Waals surface area contributed by atoms with Crippen LogP contribution in [0.5, 0.6) is 0 Å². The van der Waals surface area contributed by atoms with Crippen molar-refractivity contribution in [2.24, 2.45) is 0 Å². The summed E-state index contributed by atoms with van der Waals surface area (Å²) in [4.78, 5) is 38.0. The summed E-state index contributed by atoms with van der Waals surface area (Å²) < 4.78 is 16.8. The number of ether oxygens (including phenoxy) is 3. The lowest BCUT2D eigenvalue weighted by Gasteiger charge is -2.18. The molecule has 6 nitrogen and oxygen atoms in total. The van der Waals surface area contributed by atoms with Crippen molar-refractivity contribution in [3.8, 4) is 0 Å². The maximum Gasteiger partial charge on any atom is 0.306 e. The number of allylic oxidation sites excluding steroid dienone is 10. The molecule has 6 heteroatoms. The smallest absolute Gasteiger partial charge is 0.306 e. The molecule has 61 heavy (non-hydrogen) atoms. The van der Waals surface area contributed by atoms with Crippen LogP contribution in [0, 0.1) is 0 Å². The Morgan fingerprint density at radius 2 is 0.639 bits per heavy atom. The van der Waals surface area contributed by atoms with Gasteiger partial charge in [-0.25, -0.2) is 0 Å².